The third kappa shape index (κ3) is 5.58. The van der Waals surface area contributed by atoms with Crippen LogP contribution in [0.15, 0.2) is 76.3 Å². The number of ether oxygens (including phenoxy) is 1. The zero-order chi connectivity index (χ0) is 19.9. The monoisotopic (exact) mass is 476 g/mol. The van der Waals surface area contributed by atoms with E-state index in [1.165, 1.54) is 12.3 Å². The van der Waals surface area contributed by atoms with Crippen molar-refractivity contribution in [3.8, 4) is 5.75 Å². The second-order valence-corrected chi connectivity index (χ2v) is 7.49. The summed E-state index contributed by atoms with van der Waals surface area (Å²) in [6.07, 6.45) is 1.54. The lowest BCUT2D eigenvalue weighted by atomic mass is 10.2. The van der Waals surface area contributed by atoms with Gasteiger partial charge in [-0.3, -0.25) is 4.79 Å². The highest BCUT2D eigenvalue weighted by Gasteiger charge is 2.09. The molecule has 0 atom stereocenters. The van der Waals surface area contributed by atoms with Crippen LogP contribution in [-0.4, -0.2) is 12.1 Å². The molecule has 0 aliphatic rings. The van der Waals surface area contributed by atoms with Crippen molar-refractivity contribution in [2.45, 2.75) is 6.61 Å². The number of amides is 1. The van der Waals surface area contributed by atoms with Gasteiger partial charge in [-0.1, -0.05) is 53.5 Å². The number of benzene rings is 3. The molecule has 1 amide bonds. The molecule has 0 fully saturated rings. The Kier molecular flexibility index (Phi) is 7.09. The largest absolute Gasteiger partial charge is 0.488 e. The van der Waals surface area contributed by atoms with Gasteiger partial charge in [0.25, 0.3) is 5.91 Å². The van der Waals surface area contributed by atoms with E-state index in [4.69, 9.17) is 27.9 Å². The van der Waals surface area contributed by atoms with Crippen molar-refractivity contribution in [3.05, 3.63) is 97.9 Å². The predicted octanol–water partition coefficient (Wildman–Crippen LogP) is 6.10. The van der Waals surface area contributed by atoms with Crippen molar-refractivity contribution in [1.82, 2.24) is 5.43 Å². The number of halogens is 3. The number of hydrazone groups is 1. The highest BCUT2D eigenvalue weighted by atomic mass is 79.9. The van der Waals surface area contributed by atoms with Crippen molar-refractivity contribution in [2.75, 3.05) is 0 Å². The third-order valence-corrected chi connectivity index (χ3v) is 4.92. The molecule has 0 aliphatic carbocycles. The third-order valence-electron chi connectivity index (χ3n) is 3.75. The number of hydrogen-bond donors (Lipinski definition) is 1. The fraction of sp³-hybridized carbons (Fsp3) is 0.0476. The summed E-state index contributed by atoms with van der Waals surface area (Å²) in [6, 6.07) is 20.1. The van der Waals surface area contributed by atoms with Gasteiger partial charge < -0.3 is 4.74 Å². The lowest BCUT2D eigenvalue weighted by Crippen LogP contribution is -2.18. The second kappa shape index (κ2) is 9.73. The van der Waals surface area contributed by atoms with E-state index < -0.39 is 5.91 Å². The molecule has 3 aromatic rings. The molecule has 0 aliphatic heterocycles. The van der Waals surface area contributed by atoms with E-state index in [-0.39, 0.29) is 5.02 Å². The summed E-state index contributed by atoms with van der Waals surface area (Å²) < 4.78 is 6.61. The molecule has 7 heteroatoms. The maximum absolute atomic E-state index is 12.1. The van der Waals surface area contributed by atoms with Crippen molar-refractivity contribution in [1.29, 1.82) is 0 Å². The minimum absolute atomic E-state index is 0.267. The molecule has 0 heterocycles. The SMILES string of the molecule is O=C(N/N=C\c1ccc(OCc2ccccc2)c(Br)c1)c1ccc(Cl)cc1Cl. The smallest absolute Gasteiger partial charge is 0.272 e. The average molecular weight is 478 g/mol. The topological polar surface area (TPSA) is 50.7 Å². The minimum atomic E-state index is -0.417. The first-order valence-electron chi connectivity index (χ1n) is 8.27. The summed E-state index contributed by atoms with van der Waals surface area (Å²) in [5, 5.41) is 4.70. The zero-order valence-corrected chi connectivity index (χ0v) is 17.6. The Bertz CT molecular complexity index is 1010. The van der Waals surface area contributed by atoms with Gasteiger partial charge in [0.2, 0.25) is 0 Å². The number of nitrogens with one attached hydrogen (secondary N) is 1. The van der Waals surface area contributed by atoms with Gasteiger partial charge in [-0.2, -0.15) is 5.10 Å². The Balaban J connectivity index is 1.59. The Morgan fingerprint density at radius 3 is 2.57 bits per heavy atom. The molecule has 28 heavy (non-hydrogen) atoms. The van der Waals surface area contributed by atoms with E-state index in [1.54, 1.807) is 12.1 Å². The van der Waals surface area contributed by atoms with Gasteiger partial charge in [-0.25, -0.2) is 5.43 Å². The van der Waals surface area contributed by atoms with E-state index >= 15 is 0 Å². The fourth-order valence-corrected chi connectivity index (χ4v) is 3.35. The number of rotatable bonds is 6. The van der Waals surface area contributed by atoms with Gasteiger partial charge in [0.1, 0.15) is 12.4 Å². The van der Waals surface area contributed by atoms with Crippen LogP contribution in [0, 0.1) is 0 Å². The molecular weight excluding hydrogens is 463 g/mol. The highest BCUT2D eigenvalue weighted by Crippen LogP contribution is 2.26. The van der Waals surface area contributed by atoms with E-state index in [1.807, 2.05) is 48.5 Å². The summed E-state index contributed by atoms with van der Waals surface area (Å²) in [5.41, 5.74) is 4.62. The lowest BCUT2D eigenvalue weighted by Gasteiger charge is -2.09. The highest BCUT2D eigenvalue weighted by molar-refractivity contribution is 9.10. The van der Waals surface area contributed by atoms with Crippen LogP contribution in [-0.2, 0) is 6.61 Å². The molecule has 0 bridgehead atoms. The van der Waals surface area contributed by atoms with Gasteiger partial charge >= 0.3 is 0 Å². The molecule has 0 aromatic heterocycles. The maximum atomic E-state index is 12.1. The normalized spacial score (nSPS) is 10.8. The van der Waals surface area contributed by atoms with Crippen molar-refractivity contribution >= 4 is 51.3 Å². The van der Waals surface area contributed by atoms with Gasteiger partial charge in [-0.15, -0.1) is 0 Å². The van der Waals surface area contributed by atoms with Crippen LogP contribution in [0.3, 0.4) is 0 Å². The van der Waals surface area contributed by atoms with E-state index in [0.717, 1.165) is 21.3 Å². The molecule has 0 unspecified atom stereocenters. The number of nitrogens with zero attached hydrogens (tertiary/aromatic N) is 1. The quantitative estimate of drug-likeness (QED) is 0.344. The van der Waals surface area contributed by atoms with E-state index in [0.29, 0.717) is 17.2 Å². The van der Waals surface area contributed by atoms with Gasteiger partial charge in [0.05, 0.1) is 21.3 Å². The van der Waals surface area contributed by atoms with Crippen LogP contribution in [0.2, 0.25) is 10.0 Å². The fourth-order valence-electron chi connectivity index (χ4n) is 2.35. The molecular formula is C21H15BrCl2N2O2. The number of hydrogen-bond acceptors (Lipinski definition) is 3. The van der Waals surface area contributed by atoms with Gasteiger partial charge in [0.15, 0.2) is 0 Å². The lowest BCUT2D eigenvalue weighted by molar-refractivity contribution is 0.0955. The molecule has 0 saturated carbocycles. The molecule has 3 aromatic carbocycles. The molecule has 0 radical (unpaired) electrons. The number of carbonyl (C=O) groups is 1. The van der Waals surface area contributed by atoms with Crippen LogP contribution < -0.4 is 10.2 Å². The first kappa shape index (κ1) is 20.4. The van der Waals surface area contributed by atoms with Crippen molar-refractivity contribution in [3.63, 3.8) is 0 Å². The van der Waals surface area contributed by atoms with Gasteiger partial charge in [-0.05, 0) is 63.5 Å². The molecule has 0 spiro atoms. The van der Waals surface area contributed by atoms with Crippen molar-refractivity contribution < 1.29 is 9.53 Å². The predicted molar refractivity (Wildman–Crippen MR) is 116 cm³/mol. The first-order chi connectivity index (χ1) is 13.5. The van der Waals surface area contributed by atoms with Crippen LogP contribution in [0.25, 0.3) is 0 Å². The van der Waals surface area contributed by atoms with Crippen molar-refractivity contribution in [2.24, 2.45) is 5.10 Å². The summed E-state index contributed by atoms with van der Waals surface area (Å²) in [6.45, 7) is 0.477. The summed E-state index contributed by atoms with van der Waals surface area (Å²) in [5.74, 6) is 0.304. The number of carbonyl (C=O) groups excluding carboxylic acids is 1. The van der Waals surface area contributed by atoms with Crippen LogP contribution in [0.4, 0.5) is 0 Å². The minimum Gasteiger partial charge on any atom is -0.488 e. The summed E-state index contributed by atoms with van der Waals surface area (Å²) in [4.78, 5) is 12.1. The van der Waals surface area contributed by atoms with Crippen LogP contribution in [0.5, 0.6) is 5.75 Å². The first-order valence-corrected chi connectivity index (χ1v) is 9.82. The summed E-state index contributed by atoms with van der Waals surface area (Å²) >= 11 is 15.3. The maximum Gasteiger partial charge on any atom is 0.272 e. The average Bonchev–Trinajstić information content (AvgIpc) is 2.68. The molecule has 142 valence electrons. The molecule has 4 nitrogen and oxygen atoms in total. The Morgan fingerprint density at radius 2 is 1.86 bits per heavy atom. The standard InChI is InChI=1S/C21H15BrCl2N2O2/c22-18-10-15(6-9-20(18)28-13-14-4-2-1-3-5-14)12-25-26-21(27)17-8-7-16(23)11-19(17)24/h1-12H,13H2,(H,26,27)/b25-12-. The Labute approximate surface area is 181 Å². The van der Waals surface area contributed by atoms with E-state index in [9.17, 15) is 4.79 Å². The summed E-state index contributed by atoms with van der Waals surface area (Å²) in [7, 11) is 0. The Morgan fingerprint density at radius 1 is 1.07 bits per heavy atom. The molecule has 0 saturated heterocycles. The second-order valence-electron chi connectivity index (χ2n) is 5.79. The van der Waals surface area contributed by atoms with Gasteiger partial charge in [0, 0.05) is 5.02 Å². The zero-order valence-electron chi connectivity index (χ0n) is 14.5. The molecule has 3 rings (SSSR count). The van der Waals surface area contributed by atoms with Crippen LogP contribution in [0.1, 0.15) is 21.5 Å². The van der Waals surface area contributed by atoms with E-state index in [2.05, 4.69) is 26.5 Å². The Hall–Kier alpha value is -2.34. The van der Waals surface area contributed by atoms with Crippen LogP contribution >= 0.6 is 39.1 Å². The molecule has 1 N–H and O–H groups in total.